The second kappa shape index (κ2) is 8.39. The zero-order valence-electron chi connectivity index (χ0n) is 15.8. The van der Waals surface area contributed by atoms with Crippen molar-refractivity contribution in [3.05, 3.63) is 95.3 Å². The van der Waals surface area contributed by atoms with E-state index in [-0.39, 0.29) is 16.7 Å². The van der Waals surface area contributed by atoms with Gasteiger partial charge >= 0.3 is 6.18 Å². The van der Waals surface area contributed by atoms with Crippen LogP contribution in [-0.2, 0) is 0 Å². The lowest BCUT2D eigenvalue weighted by Gasteiger charge is -2.20. The van der Waals surface area contributed by atoms with Gasteiger partial charge < -0.3 is 9.47 Å². The van der Waals surface area contributed by atoms with Crippen molar-refractivity contribution in [2.45, 2.75) is 6.18 Å². The number of methoxy groups -OCH3 is 2. The van der Waals surface area contributed by atoms with Crippen molar-refractivity contribution in [1.29, 1.82) is 0 Å². The lowest BCUT2D eigenvalue weighted by atomic mass is 9.89. The largest absolute Gasteiger partial charge is 0.497 e. The van der Waals surface area contributed by atoms with E-state index in [4.69, 9.17) is 9.47 Å². The number of ether oxygens (including phenoxy) is 2. The van der Waals surface area contributed by atoms with Crippen molar-refractivity contribution in [2.24, 2.45) is 0 Å². The zero-order valence-corrected chi connectivity index (χ0v) is 15.8. The molecule has 3 aromatic rings. The second-order valence-corrected chi connectivity index (χ2v) is 6.21. The summed E-state index contributed by atoms with van der Waals surface area (Å²) in [6.07, 6.45) is -4.65. The lowest BCUT2D eigenvalue weighted by Crippen LogP contribution is -2.14. The van der Waals surface area contributed by atoms with E-state index in [1.165, 1.54) is 50.6 Å². The molecular weight excluding hydrogens is 384 g/mol. The molecule has 0 aliphatic rings. The Labute approximate surface area is 166 Å². The van der Waals surface area contributed by atoms with Crippen LogP contribution in [-0.4, -0.2) is 20.4 Å². The average molecular weight is 402 g/mol. The number of alkyl halides is 3. The molecule has 0 saturated carbocycles. The van der Waals surface area contributed by atoms with Crippen LogP contribution < -0.4 is 9.47 Å². The minimum absolute atomic E-state index is 0.0200. The quantitative estimate of drug-likeness (QED) is 0.365. The van der Waals surface area contributed by atoms with Gasteiger partial charge in [-0.2, -0.15) is 13.2 Å². The van der Waals surface area contributed by atoms with E-state index in [1.807, 2.05) is 0 Å². The molecule has 0 unspecified atom stereocenters. The molecule has 3 aromatic carbocycles. The van der Waals surface area contributed by atoms with Crippen LogP contribution in [0.25, 0.3) is 11.1 Å². The minimum atomic E-state index is -4.65. The van der Waals surface area contributed by atoms with Crippen molar-refractivity contribution in [3.63, 3.8) is 0 Å². The molecule has 0 bridgehead atoms. The van der Waals surface area contributed by atoms with Crippen LogP contribution >= 0.6 is 0 Å². The van der Waals surface area contributed by atoms with Crippen LogP contribution in [0.1, 0.15) is 16.7 Å². The van der Waals surface area contributed by atoms with Gasteiger partial charge in [-0.15, -0.1) is 0 Å². The smallest absolute Gasteiger partial charge is 0.417 e. The van der Waals surface area contributed by atoms with Crippen molar-refractivity contribution in [2.75, 3.05) is 14.2 Å². The molecule has 0 fully saturated rings. The minimum Gasteiger partial charge on any atom is -0.497 e. The molecule has 0 atom stereocenters. The van der Waals surface area contributed by atoms with E-state index in [9.17, 15) is 17.6 Å². The SMILES string of the molecule is COc1ccc(/C(=C(\c2ccc(OC)cc2)C(F)(F)F)c2ccc(F)cc2)cc1. The third-order valence-electron chi connectivity index (χ3n) is 4.42. The average Bonchev–Trinajstić information content (AvgIpc) is 2.72. The second-order valence-electron chi connectivity index (χ2n) is 6.21. The number of benzene rings is 3. The first-order valence-corrected chi connectivity index (χ1v) is 8.69. The summed E-state index contributed by atoms with van der Waals surface area (Å²) in [7, 11) is 2.92. The molecule has 0 aromatic heterocycles. The molecule has 3 rings (SSSR count). The van der Waals surface area contributed by atoms with E-state index < -0.39 is 17.6 Å². The van der Waals surface area contributed by atoms with Crippen LogP contribution in [0.3, 0.4) is 0 Å². The van der Waals surface area contributed by atoms with Crippen molar-refractivity contribution >= 4 is 11.1 Å². The Morgan fingerprint density at radius 3 is 1.38 bits per heavy atom. The highest BCUT2D eigenvalue weighted by Gasteiger charge is 2.38. The first kappa shape index (κ1) is 20.5. The summed E-state index contributed by atoms with van der Waals surface area (Å²) in [6.45, 7) is 0. The van der Waals surface area contributed by atoms with Gasteiger partial charge in [0.1, 0.15) is 17.3 Å². The number of rotatable bonds is 5. The third kappa shape index (κ3) is 4.59. The van der Waals surface area contributed by atoms with Gasteiger partial charge in [-0.05, 0) is 53.1 Å². The molecule has 29 heavy (non-hydrogen) atoms. The van der Waals surface area contributed by atoms with Crippen LogP contribution in [0, 0.1) is 5.82 Å². The molecule has 2 nitrogen and oxygen atoms in total. The highest BCUT2D eigenvalue weighted by Crippen LogP contribution is 2.43. The number of hydrogen-bond acceptors (Lipinski definition) is 2. The number of hydrogen-bond donors (Lipinski definition) is 0. The summed E-state index contributed by atoms with van der Waals surface area (Å²) < 4.78 is 66.3. The predicted octanol–water partition coefficient (Wildman–Crippen LogP) is 6.36. The molecule has 0 aliphatic carbocycles. The normalized spacial score (nSPS) is 12.3. The van der Waals surface area contributed by atoms with Crippen LogP contribution in [0.2, 0.25) is 0 Å². The van der Waals surface area contributed by atoms with E-state index in [0.717, 1.165) is 12.1 Å². The maximum Gasteiger partial charge on any atom is 0.417 e. The molecule has 0 aliphatic heterocycles. The molecule has 0 amide bonds. The topological polar surface area (TPSA) is 18.5 Å². The van der Waals surface area contributed by atoms with Gasteiger partial charge in [0.15, 0.2) is 0 Å². The van der Waals surface area contributed by atoms with Gasteiger partial charge in [0, 0.05) is 5.57 Å². The van der Waals surface area contributed by atoms with Crippen LogP contribution in [0.4, 0.5) is 17.6 Å². The summed E-state index contributed by atoms with van der Waals surface area (Å²) in [4.78, 5) is 0. The van der Waals surface area contributed by atoms with Crippen molar-refractivity contribution < 1.29 is 27.0 Å². The van der Waals surface area contributed by atoms with Crippen molar-refractivity contribution in [3.8, 4) is 11.5 Å². The predicted molar refractivity (Wildman–Crippen MR) is 104 cm³/mol. The molecular formula is C23H18F4O2. The lowest BCUT2D eigenvalue weighted by molar-refractivity contribution is -0.0685. The van der Waals surface area contributed by atoms with Crippen molar-refractivity contribution in [1.82, 2.24) is 0 Å². The molecule has 0 saturated heterocycles. The molecule has 0 heterocycles. The van der Waals surface area contributed by atoms with E-state index in [0.29, 0.717) is 17.1 Å². The molecule has 0 N–H and O–H groups in total. The summed E-state index contributed by atoms with van der Waals surface area (Å²) in [5, 5.41) is 0. The fourth-order valence-corrected chi connectivity index (χ4v) is 3.04. The highest BCUT2D eigenvalue weighted by molar-refractivity contribution is 6.00. The summed E-state index contributed by atoms with van der Waals surface area (Å²) in [5.74, 6) is 0.439. The standard InChI is InChI=1S/C23H18F4O2/c1-28-19-11-5-16(6-12-19)21(15-3-9-18(24)10-4-15)22(23(25,26)27)17-7-13-20(29-2)14-8-17/h3-14H,1-2H3/b22-21+. The third-order valence-corrected chi connectivity index (χ3v) is 4.42. The Kier molecular flexibility index (Phi) is 5.92. The Bertz CT molecular complexity index is 987. The van der Waals surface area contributed by atoms with E-state index in [2.05, 4.69) is 0 Å². The zero-order chi connectivity index (χ0) is 21.0. The van der Waals surface area contributed by atoms with E-state index in [1.54, 1.807) is 24.3 Å². The maximum atomic E-state index is 14.2. The van der Waals surface area contributed by atoms with Gasteiger partial charge in [0.25, 0.3) is 0 Å². The first-order chi connectivity index (χ1) is 13.8. The van der Waals surface area contributed by atoms with Gasteiger partial charge in [-0.3, -0.25) is 0 Å². The molecule has 0 radical (unpaired) electrons. The Morgan fingerprint density at radius 2 is 1.00 bits per heavy atom. The Morgan fingerprint density at radius 1 is 0.621 bits per heavy atom. The summed E-state index contributed by atoms with van der Waals surface area (Å²) in [6, 6.07) is 16.9. The summed E-state index contributed by atoms with van der Waals surface area (Å²) >= 11 is 0. The molecule has 150 valence electrons. The van der Waals surface area contributed by atoms with Gasteiger partial charge in [-0.25, -0.2) is 4.39 Å². The molecule has 6 heteroatoms. The molecule has 0 spiro atoms. The van der Waals surface area contributed by atoms with Gasteiger partial charge in [-0.1, -0.05) is 36.4 Å². The fraction of sp³-hybridized carbons (Fsp3) is 0.130. The highest BCUT2D eigenvalue weighted by atomic mass is 19.4. The first-order valence-electron chi connectivity index (χ1n) is 8.69. The van der Waals surface area contributed by atoms with Gasteiger partial charge in [0.05, 0.1) is 19.8 Å². The number of allylic oxidation sites excluding steroid dienone is 1. The fourth-order valence-electron chi connectivity index (χ4n) is 3.04. The summed E-state index contributed by atoms with van der Waals surface area (Å²) in [5.41, 5.74) is -0.309. The van der Waals surface area contributed by atoms with Crippen LogP contribution in [0.15, 0.2) is 72.8 Å². The Hall–Kier alpha value is -3.28. The number of halogens is 4. The van der Waals surface area contributed by atoms with Crippen LogP contribution in [0.5, 0.6) is 11.5 Å². The monoisotopic (exact) mass is 402 g/mol. The van der Waals surface area contributed by atoms with Gasteiger partial charge in [0.2, 0.25) is 0 Å². The Balaban J connectivity index is 2.32. The van der Waals surface area contributed by atoms with E-state index >= 15 is 0 Å². The maximum absolute atomic E-state index is 14.2.